The summed E-state index contributed by atoms with van der Waals surface area (Å²) in [6, 6.07) is 16.7. The summed E-state index contributed by atoms with van der Waals surface area (Å²) in [5.74, 6) is 1.08. The van der Waals surface area contributed by atoms with E-state index in [1.54, 1.807) is 6.33 Å². The van der Waals surface area contributed by atoms with Crippen LogP contribution in [0.5, 0.6) is 0 Å². The van der Waals surface area contributed by atoms with Gasteiger partial charge in [-0.25, -0.2) is 9.97 Å². The Morgan fingerprint density at radius 1 is 0.833 bits per heavy atom. The maximum atomic E-state index is 8.96. The molecule has 0 spiro atoms. The fourth-order valence-corrected chi connectivity index (χ4v) is 4.52. The van der Waals surface area contributed by atoms with Crippen molar-refractivity contribution in [2.45, 2.75) is 19.4 Å². The molecular weight excluding hydrogens is 372 g/mol. The van der Waals surface area contributed by atoms with Gasteiger partial charge in [0, 0.05) is 56.9 Å². The highest BCUT2D eigenvalue weighted by Gasteiger charge is 2.20. The van der Waals surface area contributed by atoms with E-state index in [0.29, 0.717) is 0 Å². The van der Waals surface area contributed by atoms with E-state index in [2.05, 4.69) is 61.1 Å². The Morgan fingerprint density at radius 2 is 1.60 bits per heavy atom. The van der Waals surface area contributed by atoms with Crippen molar-refractivity contribution in [1.82, 2.24) is 14.9 Å². The van der Waals surface area contributed by atoms with Gasteiger partial charge >= 0.3 is 0 Å². The molecule has 0 amide bonds. The summed E-state index contributed by atoms with van der Waals surface area (Å²) in [5, 5.41) is 10.1. The number of fused-ring (bicyclic) bond motifs is 1. The molecule has 0 saturated carbocycles. The van der Waals surface area contributed by atoms with E-state index in [1.807, 2.05) is 12.1 Å². The lowest BCUT2D eigenvalue weighted by atomic mass is 10.1. The van der Waals surface area contributed by atoms with Crippen molar-refractivity contribution in [3.8, 4) is 6.07 Å². The van der Waals surface area contributed by atoms with Gasteiger partial charge in [0.05, 0.1) is 17.1 Å². The van der Waals surface area contributed by atoms with Gasteiger partial charge in [-0.15, -0.1) is 0 Å². The average molecular weight is 399 g/mol. The van der Waals surface area contributed by atoms with Crippen LogP contribution in [0, 0.1) is 11.3 Å². The van der Waals surface area contributed by atoms with Gasteiger partial charge in [0.1, 0.15) is 12.1 Å². The number of benzene rings is 2. The van der Waals surface area contributed by atoms with Crippen LogP contribution >= 0.6 is 0 Å². The molecule has 6 nitrogen and oxygen atoms in total. The molecule has 1 aromatic heterocycles. The summed E-state index contributed by atoms with van der Waals surface area (Å²) in [6.07, 6.45) is 4.18. The van der Waals surface area contributed by atoms with Crippen LogP contribution in [0.4, 0.5) is 11.5 Å². The maximum Gasteiger partial charge on any atom is 0.139 e. The Morgan fingerprint density at radius 3 is 2.33 bits per heavy atom. The minimum atomic E-state index is 0.720. The first-order valence-corrected chi connectivity index (χ1v) is 10.8. The number of anilines is 2. The predicted octanol–water partition coefficient (Wildman–Crippen LogP) is 3.42. The quantitative estimate of drug-likeness (QED) is 0.671. The Labute approximate surface area is 177 Å². The molecule has 6 heteroatoms. The molecule has 0 N–H and O–H groups in total. The highest BCUT2D eigenvalue weighted by molar-refractivity contribution is 5.92. The van der Waals surface area contributed by atoms with Gasteiger partial charge in [-0.1, -0.05) is 12.1 Å². The number of hydrogen-bond acceptors (Lipinski definition) is 6. The number of hydrogen-bond donors (Lipinski definition) is 0. The van der Waals surface area contributed by atoms with Crippen molar-refractivity contribution in [2.75, 3.05) is 49.1 Å². The fourth-order valence-electron chi connectivity index (χ4n) is 4.52. The van der Waals surface area contributed by atoms with E-state index >= 15 is 0 Å². The normalized spacial score (nSPS) is 17.4. The standard InChI is InChI=1S/C24H26N6/c25-16-19-3-5-20(6-4-19)17-28-11-13-29(14-12-28)21-7-8-23-22(15-21)24(27-18-26-23)30-9-1-2-10-30/h3-8,15,18H,1-2,9-14,17H2. The Hall–Kier alpha value is -3.17. The van der Waals surface area contributed by atoms with Crippen LogP contribution in [0.3, 0.4) is 0 Å². The van der Waals surface area contributed by atoms with Crippen LogP contribution in [-0.2, 0) is 6.54 Å². The van der Waals surface area contributed by atoms with Crippen LogP contribution < -0.4 is 9.80 Å². The summed E-state index contributed by atoms with van der Waals surface area (Å²) in [6.45, 7) is 7.19. The number of nitrogens with zero attached hydrogens (tertiary/aromatic N) is 6. The molecule has 0 unspecified atom stereocenters. The zero-order valence-electron chi connectivity index (χ0n) is 17.2. The van der Waals surface area contributed by atoms with E-state index in [0.717, 1.165) is 68.1 Å². The van der Waals surface area contributed by atoms with Gasteiger partial charge in [0.15, 0.2) is 0 Å². The Bertz CT molecular complexity index is 1060. The van der Waals surface area contributed by atoms with Crippen molar-refractivity contribution in [1.29, 1.82) is 5.26 Å². The highest BCUT2D eigenvalue weighted by atomic mass is 15.3. The van der Waals surface area contributed by atoms with Crippen LogP contribution in [0.2, 0.25) is 0 Å². The molecule has 2 aliphatic heterocycles. The second-order valence-corrected chi connectivity index (χ2v) is 8.16. The van der Waals surface area contributed by atoms with E-state index in [1.165, 1.54) is 24.1 Å². The molecule has 0 atom stereocenters. The predicted molar refractivity (Wildman–Crippen MR) is 120 cm³/mol. The topological polar surface area (TPSA) is 59.3 Å². The lowest BCUT2D eigenvalue weighted by Crippen LogP contribution is -2.45. The largest absolute Gasteiger partial charge is 0.369 e. The minimum absolute atomic E-state index is 0.720. The summed E-state index contributed by atoms with van der Waals surface area (Å²) >= 11 is 0. The number of aromatic nitrogens is 2. The Kier molecular flexibility index (Phi) is 5.20. The molecule has 5 rings (SSSR count). The third-order valence-electron chi connectivity index (χ3n) is 6.23. The molecule has 3 aromatic rings. The fraction of sp³-hybridized carbons (Fsp3) is 0.375. The summed E-state index contributed by atoms with van der Waals surface area (Å²) in [7, 11) is 0. The monoisotopic (exact) mass is 398 g/mol. The first-order chi connectivity index (χ1) is 14.8. The highest BCUT2D eigenvalue weighted by Crippen LogP contribution is 2.30. The molecule has 0 bridgehead atoms. The zero-order valence-corrected chi connectivity index (χ0v) is 17.2. The smallest absolute Gasteiger partial charge is 0.139 e. The van der Waals surface area contributed by atoms with Gasteiger partial charge in [-0.3, -0.25) is 4.90 Å². The van der Waals surface area contributed by atoms with Gasteiger partial charge in [0.25, 0.3) is 0 Å². The summed E-state index contributed by atoms with van der Waals surface area (Å²) in [5.41, 5.74) is 4.27. The van der Waals surface area contributed by atoms with Crippen molar-refractivity contribution in [3.63, 3.8) is 0 Å². The second-order valence-electron chi connectivity index (χ2n) is 8.16. The van der Waals surface area contributed by atoms with Gasteiger partial charge in [-0.2, -0.15) is 5.26 Å². The lowest BCUT2D eigenvalue weighted by molar-refractivity contribution is 0.250. The molecule has 2 fully saturated rings. The van der Waals surface area contributed by atoms with E-state index in [-0.39, 0.29) is 0 Å². The molecule has 0 aliphatic carbocycles. The van der Waals surface area contributed by atoms with Crippen molar-refractivity contribution in [2.24, 2.45) is 0 Å². The van der Waals surface area contributed by atoms with E-state index < -0.39 is 0 Å². The average Bonchev–Trinajstić information content (AvgIpc) is 3.34. The minimum Gasteiger partial charge on any atom is -0.369 e. The van der Waals surface area contributed by atoms with Crippen LogP contribution in [0.25, 0.3) is 10.9 Å². The molecule has 30 heavy (non-hydrogen) atoms. The van der Waals surface area contributed by atoms with Gasteiger partial charge in [-0.05, 0) is 48.7 Å². The van der Waals surface area contributed by atoms with E-state index in [4.69, 9.17) is 5.26 Å². The van der Waals surface area contributed by atoms with Crippen LogP contribution in [0.1, 0.15) is 24.0 Å². The number of piperazine rings is 1. The van der Waals surface area contributed by atoms with Crippen molar-refractivity contribution < 1.29 is 0 Å². The summed E-state index contributed by atoms with van der Waals surface area (Å²) in [4.78, 5) is 16.4. The molecule has 3 heterocycles. The van der Waals surface area contributed by atoms with Crippen LogP contribution in [0.15, 0.2) is 48.8 Å². The van der Waals surface area contributed by atoms with Crippen LogP contribution in [-0.4, -0.2) is 54.1 Å². The lowest BCUT2D eigenvalue weighted by Gasteiger charge is -2.36. The first kappa shape index (κ1) is 18.8. The van der Waals surface area contributed by atoms with E-state index in [9.17, 15) is 0 Å². The third-order valence-corrected chi connectivity index (χ3v) is 6.23. The zero-order chi connectivity index (χ0) is 20.3. The number of nitriles is 1. The molecule has 152 valence electrons. The first-order valence-electron chi connectivity index (χ1n) is 10.8. The molecule has 0 radical (unpaired) electrons. The molecular formula is C24H26N6. The van der Waals surface area contributed by atoms with Gasteiger partial charge in [0.2, 0.25) is 0 Å². The second kappa shape index (κ2) is 8.29. The maximum absolute atomic E-state index is 8.96. The van der Waals surface area contributed by atoms with Gasteiger partial charge < -0.3 is 9.80 Å². The Balaban J connectivity index is 1.28. The molecule has 2 aliphatic rings. The van der Waals surface area contributed by atoms with Crippen molar-refractivity contribution >= 4 is 22.4 Å². The molecule has 2 aromatic carbocycles. The molecule has 2 saturated heterocycles. The third kappa shape index (κ3) is 3.81. The SMILES string of the molecule is N#Cc1ccc(CN2CCN(c3ccc4ncnc(N5CCCC5)c4c3)CC2)cc1. The summed E-state index contributed by atoms with van der Waals surface area (Å²) < 4.78 is 0. The van der Waals surface area contributed by atoms with Crippen molar-refractivity contribution in [3.05, 3.63) is 59.9 Å². The number of rotatable bonds is 4.